The Labute approximate surface area is 124 Å². The van der Waals surface area contributed by atoms with Crippen molar-refractivity contribution in [2.45, 2.75) is 53.5 Å². The van der Waals surface area contributed by atoms with Crippen LogP contribution in [0.3, 0.4) is 0 Å². The van der Waals surface area contributed by atoms with Gasteiger partial charge in [0.05, 0.1) is 7.11 Å². The Morgan fingerprint density at radius 3 is 2.45 bits per heavy atom. The van der Waals surface area contributed by atoms with Gasteiger partial charge in [-0.25, -0.2) is 0 Å². The molecule has 0 amide bonds. The van der Waals surface area contributed by atoms with Crippen molar-refractivity contribution in [2.75, 3.05) is 13.7 Å². The SMILES string of the molecule is COc1cc(C)cc(C)c1/C(C)=C/CCNC(C)(C)C. The van der Waals surface area contributed by atoms with Crippen molar-refractivity contribution in [2.24, 2.45) is 0 Å². The predicted octanol–water partition coefficient (Wildman–Crippen LogP) is 4.49. The van der Waals surface area contributed by atoms with E-state index >= 15 is 0 Å². The first-order valence-corrected chi connectivity index (χ1v) is 7.32. The molecule has 0 radical (unpaired) electrons. The first kappa shape index (κ1) is 16.8. The van der Waals surface area contributed by atoms with Gasteiger partial charge in [-0.1, -0.05) is 12.1 Å². The minimum absolute atomic E-state index is 0.180. The van der Waals surface area contributed by atoms with Gasteiger partial charge in [0.1, 0.15) is 5.75 Å². The Morgan fingerprint density at radius 1 is 1.25 bits per heavy atom. The maximum Gasteiger partial charge on any atom is 0.126 e. The Bertz CT molecular complexity index is 481. The maximum atomic E-state index is 5.53. The molecule has 1 rings (SSSR count). The molecule has 0 spiro atoms. The fourth-order valence-electron chi connectivity index (χ4n) is 2.43. The molecule has 0 heterocycles. The summed E-state index contributed by atoms with van der Waals surface area (Å²) in [6.45, 7) is 14.0. The molecule has 0 saturated carbocycles. The normalized spacial score (nSPS) is 12.7. The molecular weight excluding hydrogens is 246 g/mol. The van der Waals surface area contributed by atoms with Crippen LogP contribution in [-0.2, 0) is 0 Å². The van der Waals surface area contributed by atoms with Crippen LogP contribution in [-0.4, -0.2) is 19.2 Å². The fraction of sp³-hybridized carbons (Fsp3) is 0.556. The number of hydrogen-bond donors (Lipinski definition) is 1. The van der Waals surface area contributed by atoms with Crippen molar-refractivity contribution < 1.29 is 4.74 Å². The van der Waals surface area contributed by atoms with Gasteiger partial charge >= 0.3 is 0 Å². The summed E-state index contributed by atoms with van der Waals surface area (Å²) in [5.41, 5.74) is 5.22. The zero-order valence-corrected chi connectivity index (χ0v) is 14.1. The molecule has 112 valence electrons. The molecule has 0 bridgehead atoms. The van der Waals surface area contributed by atoms with Crippen LogP contribution < -0.4 is 10.1 Å². The lowest BCUT2D eigenvalue weighted by Crippen LogP contribution is -2.36. The smallest absolute Gasteiger partial charge is 0.126 e. The average molecular weight is 275 g/mol. The van der Waals surface area contributed by atoms with Crippen LogP contribution in [0.2, 0.25) is 0 Å². The van der Waals surface area contributed by atoms with Gasteiger partial charge in [0.2, 0.25) is 0 Å². The summed E-state index contributed by atoms with van der Waals surface area (Å²) in [6, 6.07) is 4.32. The first-order chi connectivity index (χ1) is 9.24. The number of allylic oxidation sites excluding steroid dienone is 1. The van der Waals surface area contributed by atoms with E-state index in [2.05, 4.69) is 65.1 Å². The Kier molecular flexibility index (Phi) is 5.82. The molecule has 1 aromatic rings. The van der Waals surface area contributed by atoms with Crippen LogP contribution in [0.15, 0.2) is 18.2 Å². The van der Waals surface area contributed by atoms with E-state index in [0.29, 0.717) is 0 Å². The Morgan fingerprint density at radius 2 is 1.90 bits per heavy atom. The standard InChI is InChI=1S/C18H29NO/c1-13-11-15(3)17(16(12-13)20-7)14(2)9-8-10-19-18(4,5)6/h9,11-12,19H,8,10H2,1-7H3/b14-9+. The second-order valence-electron chi connectivity index (χ2n) is 6.51. The molecule has 0 aliphatic rings. The van der Waals surface area contributed by atoms with Crippen LogP contribution in [0, 0.1) is 13.8 Å². The third kappa shape index (κ3) is 5.01. The highest BCUT2D eigenvalue weighted by molar-refractivity contribution is 5.72. The lowest BCUT2D eigenvalue weighted by molar-refractivity contribution is 0.412. The van der Waals surface area contributed by atoms with E-state index in [-0.39, 0.29) is 5.54 Å². The van der Waals surface area contributed by atoms with E-state index in [1.165, 1.54) is 22.3 Å². The highest BCUT2D eigenvalue weighted by Crippen LogP contribution is 2.30. The molecule has 0 fully saturated rings. The molecule has 20 heavy (non-hydrogen) atoms. The third-order valence-corrected chi connectivity index (χ3v) is 3.31. The molecule has 0 aliphatic heterocycles. The zero-order valence-electron chi connectivity index (χ0n) is 14.1. The van der Waals surface area contributed by atoms with Gasteiger partial charge in [-0.05, 0) is 77.3 Å². The second-order valence-corrected chi connectivity index (χ2v) is 6.51. The van der Waals surface area contributed by atoms with Crippen LogP contribution in [0.25, 0.3) is 5.57 Å². The largest absolute Gasteiger partial charge is 0.496 e. The minimum atomic E-state index is 0.180. The molecule has 1 aromatic carbocycles. The fourth-order valence-corrected chi connectivity index (χ4v) is 2.43. The van der Waals surface area contributed by atoms with E-state index in [0.717, 1.165) is 18.7 Å². The Balaban J connectivity index is 2.84. The van der Waals surface area contributed by atoms with E-state index in [1.54, 1.807) is 7.11 Å². The quantitative estimate of drug-likeness (QED) is 0.799. The highest BCUT2D eigenvalue weighted by Gasteiger charge is 2.10. The van der Waals surface area contributed by atoms with Crippen molar-refractivity contribution in [3.63, 3.8) is 0 Å². The van der Waals surface area contributed by atoms with Gasteiger partial charge in [-0.15, -0.1) is 0 Å². The first-order valence-electron chi connectivity index (χ1n) is 7.32. The number of hydrogen-bond acceptors (Lipinski definition) is 2. The molecule has 0 unspecified atom stereocenters. The van der Waals surface area contributed by atoms with Crippen LogP contribution in [0.1, 0.15) is 50.8 Å². The molecule has 2 heteroatoms. The molecule has 0 saturated heterocycles. The predicted molar refractivity (Wildman–Crippen MR) is 88.5 cm³/mol. The van der Waals surface area contributed by atoms with Crippen LogP contribution in [0.4, 0.5) is 0 Å². The highest BCUT2D eigenvalue weighted by atomic mass is 16.5. The number of aryl methyl sites for hydroxylation is 2. The summed E-state index contributed by atoms with van der Waals surface area (Å²) in [4.78, 5) is 0. The van der Waals surface area contributed by atoms with E-state index < -0.39 is 0 Å². The van der Waals surface area contributed by atoms with Gasteiger partial charge in [0, 0.05) is 11.1 Å². The van der Waals surface area contributed by atoms with Gasteiger partial charge in [-0.2, -0.15) is 0 Å². The zero-order chi connectivity index (χ0) is 15.3. The van der Waals surface area contributed by atoms with Gasteiger partial charge in [-0.3, -0.25) is 0 Å². The van der Waals surface area contributed by atoms with E-state index in [4.69, 9.17) is 4.74 Å². The van der Waals surface area contributed by atoms with Crippen molar-refractivity contribution in [1.82, 2.24) is 5.32 Å². The molecule has 0 aromatic heterocycles. The number of ether oxygens (including phenoxy) is 1. The molecule has 0 aliphatic carbocycles. The molecule has 1 N–H and O–H groups in total. The van der Waals surface area contributed by atoms with Crippen LogP contribution in [0.5, 0.6) is 5.75 Å². The van der Waals surface area contributed by atoms with E-state index in [1.807, 2.05) is 0 Å². The summed E-state index contributed by atoms with van der Waals surface area (Å²) >= 11 is 0. The van der Waals surface area contributed by atoms with Crippen molar-refractivity contribution in [3.05, 3.63) is 34.9 Å². The molecular formula is C18H29NO. The second kappa shape index (κ2) is 6.94. The monoisotopic (exact) mass is 275 g/mol. The van der Waals surface area contributed by atoms with Crippen molar-refractivity contribution in [3.8, 4) is 5.75 Å². The summed E-state index contributed by atoms with van der Waals surface area (Å²) in [7, 11) is 1.74. The third-order valence-electron chi connectivity index (χ3n) is 3.31. The van der Waals surface area contributed by atoms with Gasteiger partial charge in [0.15, 0.2) is 0 Å². The summed E-state index contributed by atoms with van der Waals surface area (Å²) in [5, 5.41) is 3.51. The lowest BCUT2D eigenvalue weighted by atomic mass is 9.97. The van der Waals surface area contributed by atoms with Crippen molar-refractivity contribution >= 4 is 5.57 Å². The number of methoxy groups -OCH3 is 1. The number of rotatable bonds is 5. The van der Waals surface area contributed by atoms with Gasteiger partial charge < -0.3 is 10.1 Å². The lowest BCUT2D eigenvalue weighted by Gasteiger charge is -2.20. The molecule has 2 nitrogen and oxygen atoms in total. The molecule has 0 atom stereocenters. The minimum Gasteiger partial charge on any atom is -0.496 e. The van der Waals surface area contributed by atoms with E-state index in [9.17, 15) is 0 Å². The topological polar surface area (TPSA) is 21.3 Å². The Hall–Kier alpha value is -1.28. The average Bonchev–Trinajstić information content (AvgIpc) is 2.32. The summed E-state index contributed by atoms with van der Waals surface area (Å²) < 4.78 is 5.53. The summed E-state index contributed by atoms with van der Waals surface area (Å²) in [6.07, 6.45) is 3.32. The van der Waals surface area contributed by atoms with Gasteiger partial charge in [0.25, 0.3) is 0 Å². The number of nitrogens with one attached hydrogen (secondary N) is 1. The maximum absolute atomic E-state index is 5.53. The van der Waals surface area contributed by atoms with Crippen molar-refractivity contribution in [1.29, 1.82) is 0 Å². The summed E-state index contributed by atoms with van der Waals surface area (Å²) in [5.74, 6) is 0.972. The number of benzene rings is 1. The van der Waals surface area contributed by atoms with Crippen LogP contribution >= 0.6 is 0 Å².